The van der Waals surface area contributed by atoms with Crippen molar-refractivity contribution in [2.75, 3.05) is 25.2 Å². The van der Waals surface area contributed by atoms with Crippen molar-refractivity contribution in [1.82, 2.24) is 0 Å². The molecule has 0 heterocycles. The fourth-order valence-electron chi connectivity index (χ4n) is 1.59. The number of sulfone groups is 1. The van der Waals surface area contributed by atoms with Crippen LogP contribution in [0.4, 0.5) is 0 Å². The van der Waals surface area contributed by atoms with E-state index in [1.165, 1.54) is 6.26 Å². The first kappa shape index (κ1) is 16.5. The topological polar surface area (TPSA) is 63.6 Å². The SMILES string of the molecule is Cc1cc(OCCCS(C)(=O)=O)ccc1C#CCCO. The van der Waals surface area contributed by atoms with Gasteiger partial charge in [-0.25, -0.2) is 8.42 Å². The summed E-state index contributed by atoms with van der Waals surface area (Å²) in [7, 11) is -2.92. The molecule has 0 aliphatic rings. The Bertz CT molecular complexity index is 594. The van der Waals surface area contributed by atoms with E-state index in [2.05, 4.69) is 11.8 Å². The molecule has 0 radical (unpaired) electrons. The first-order valence-corrected chi connectivity index (χ1v) is 8.49. The molecule has 1 aromatic carbocycles. The van der Waals surface area contributed by atoms with Gasteiger partial charge in [0.1, 0.15) is 15.6 Å². The van der Waals surface area contributed by atoms with E-state index in [1.54, 1.807) is 0 Å². The Morgan fingerprint density at radius 1 is 1.35 bits per heavy atom. The molecule has 0 aromatic heterocycles. The maximum Gasteiger partial charge on any atom is 0.147 e. The normalized spacial score (nSPS) is 10.8. The Hall–Kier alpha value is -1.51. The van der Waals surface area contributed by atoms with Crippen LogP contribution < -0.4 is 4.74 Å². The average Bonchev–Trinajstić information content (AvgIpc) is 2.36. The summed E-state index contributed by atoms with van der Waals surface area (Å²) in [4.78, 5) is 0. The summed E-state index contributed by atoms with van der Waals surface area (Å²) in [6, 6.07) is 5.56. The van der Waals surface area contributed by atoms with Crippen molar-refractivity contribution < 1.29 is 18.3 Å². The van der Waals surface area contributed by atoms with Crippen LogP contribution in [0.25, 0.3) is 0 Å². The summed E-state index contributed by atoms with van der Waals surface area (Å²) in [5.74, 6) is 6.70. The van der Waals surface area contributed by atoms with E-state index in [0.717, 1.165) is 11.1 Å². The highest BCUT2D eigenvalue weighted by Gasteiger charge is 2.03. The van der Waals surface area contributed by atoms with Crippen LogP contribution in [0.1, 0.15) is 24.0 Å². The van der Waals surface area contributed by atoms with Gasteiger partial charge in [-0.1, -0.05) is 11.8 Å². The first-order chi connectivity index (χ1) is 9.42. The van der Waals surface area contributed by atoms with Gasteiger partial charge in [0.25, 0.3) is 0 Å². The van der Waals surface area contributed by atoms with Crippen molar-refractivity contribution in [2.24, 2.45) is 0 Å². The summed E-state index contributed by atoms with van der Waals surface area (Å²) < 4.78 is 27.5. The summed E-state index contributed by atoms with van der Waals surface area (Å²) in [5, 5.41) is 8.67. The fourth-order valence-corrected chi connectivity index (χ4v) is 2.23. The number of aryl methyl sites for hydroxylation is 1. The molecule has 1 N–H and O–H groups in total. The molecule has 4 nitrogen and oxygen atoms in total. The molecule has 0 saturated heterocycles. The van der Waals surface area contributed by atoms with Crippen LogP contribution in [0.2, 0.25) is 0 Å². The van der Waals surface area contributed by atoms with Crippen LogP contribution in [0, 0.1) is 18.8 Å². The third-order valence-corrected chi connectivity index (χ3v) is 3.62. The van der Waals surface area contributed by atoms with Gasteiger partial charge < -0.3 is 9.84 Å². The van der Waals surface area contributed by atoms with Crippen LogP contribution >= 0.6 is 0 Å². The number of rotatable bonds is 6. The van der Waals surface area contributed by atoms with Crippen molar-refractivity contribution in [3.8, 4) is 17.6 Å². The second-order valence-corrected chi connectivity index (χ2v) is 6.84. The van der Waals surface area contributed by atoms with Crippen molar-refractivity contribution in [1.29, 1.82) is 0 Å². The Kier molecular flexibility index (Phi) is 6.56. The van der Waals surface area contributed by atoms with E-state index < -0.39 is 9.84 Å². The number of hydrogen-bond acceptors (Lipinski definition) is 4. The van der Waals surface area contributed by atoms with Crippen LogP contribution in [0.3, 0.4) is 0 Å². The minimum absolute atomic E-state index is 0.0631. The molecule has 0 unspecified atom stereocenters. The minimum Gasteiger partial charge on any atom is -0.494 e. The van der Waals surface area contributed by atoms with Crippen molar-refractivity contribution >= 4 is 9.84 Å². The van der Waals surface area contributed by atoms with Crippen molar-refractivity contribution in [2.45, 2.75) is 19.8 Å². The van der Waals surface area contributed by atoms with Crippen LogP contribution in [0.15, 0.2) is 18.2 Å². The molecule has 1 aromatic rings. The number of hydrogen-bond donors (Lipinski definition) is 1. The molecule has 0 amide bonds. The van der Waals surface area contributed by atoms with Gasteiger partial charge in [0, 0.05) is 18.2 Å². The lowest BCUT2D eigenvalue weighted by molar-refractivity contribution is 0.305. The second-order valence-electron chi connectivity index (χ2n) is 4.58. The summed E-state index contributed by atoms with van der Waals surface area (Å²) in [5.41, 5.74) is 1.90. The van der Waals surface area contributed by atoms with Crippen LogP contribution in [-0.2, 0) is 9.84 Å². The molecule has 0 bridgehead atoms. The van der Waals surface area contributed by atoms with E-state index in [-0.39, 0.29) is 12.4 Å². The van der Waals surface area contributed by atoms with E-state index >= 15 is 0 Å². The molecule has 20 heavy (non-hydrogen) atoms. The zero-order valence-electron chi connectivity index (χ0n) is 11.8. The third-order valence-electron chi connectivity index (χ3n) is 2.59. The van der Waals surface area contributed by atoms with Gasteiger partial charge in [0.05, 0.1) is 19.0 Å². The molecule has 0 aliphatic heterocycles. The van der Waals surface area contributed by atoms with Gasteiger partial charge in [0.2, 0.25) is 0 Å². The highest BCUT2D eigenvalue weighted by molar-refractivity contribution is 7.90. The molecular weight excluding hydrogens is 276 g/mol. The number of benzene rings is 1. The zero-order valence-corrected chi connectivity index (χ0v) is 12.7. The van der Waals surface area contributed by atoms with Gasteiger partial charge in [-0.3, -0.25) is 0 Å². The van der Waals surface area contributed by atoms with E-state index in [1.807, 2.05) is 25.1 Å². The Morgan fingerprint density at radius 3 is 2.70 bits per heavy atom. The molecule has 110 valence electrons. The van der Waals surface area contributed by atoms with Crippen molar-refractivity contribution in [3.63, 3.8) is 0 Å². The van der Waals surface area contributed by atoms with E-state index in [4.69, 9.17) is 9.84 Å². The number of ether oxygens (including phenoxy) is 1. The first-order valence-electron chi connectivity index (χ1n) is 6.43. The molecule has 1 rings (SSSR count). The van der Waals surface area contributed by atoms with Gasteiger partial charge in [-0.2, -0.15) is 0 Å². The third kappa shape index (κ3) is 6.60. The Balaban J connectivity index is 2.54. The molecule has 0 atom stereocenters. The summed E-state index contributed by atoms with van der Waals surface area (Å²) in [6.07, 6.45) is 2.16. The largest absolute Gasteiger partial charge is 0.494 e. The van der Waals surface area contributed by atoms with E-state index in [9.17, 15) is 8.42 Å². The highest BCUT2D eigenvalue weighted by atomic mass is 32.2. The molecule has 0 saturated carbocycles. The van der Waals surface area contributed by atoms with Gasteiger partial charge >= 0.3 is 0 Å². The summed E-state index contributed by atoms with van der Waals surface area (Å²) >= 11 is 0. The minimum atomic E-state index is -2.92. The Labute approximate surface area is 120 Å². The molecule has 0 fully saturated rings. The Morgan fingerprint density at radius 2 is 2.10 bits per heavy atom. The fraction of sp³-hybridized carbons (Fsp3) is 0.467. The van der Waals surface area contributed by atoms with Crippen LogP contribution in [-0.4, -0.2) is 38.7 Å². The number of aliphatic hydroxyl groups excluding tert-OH is 1. The molecular formula is C15H20O4S. The maximum atomic E-state index is 11.0. The molecule has 0 aliphatic carbocycles. The zero-order chi connectivity index (χ0) is 15.0. The maximum absolute atomic E-state index is 11.0. The van der Waals surface area contributed by atoms with Gasteiger partial charge in [0.15, 0.2) is 0 Å². The highest BCUT2D eigenvalue weighted by Crippen LogP contribution is 2.16. The summed E-state index contributed by atoms with van der Waals surface area (Å²) in [6.45, 7) is 2.38. The predicted octanol–water partition coefficient (Wildman–Crippen LogP) is 1.54. The number of aliphatic hydroxyl groups is 1. The molecule has 0 spiro atoms. The predicted molar refractivity (Wildman–Crippen MR) is 79.6 cm³/mol. The lowest BCUT2D eigenvalue weighted by Gasteiger charge is -2.07. The lowest BCUT2D eigenvalue weighted by Crippen LogP contribution is -2.08. The quantitative estimate of drug-likeness (QED) is 0.639. The average molecular weight is 296 g/mol. The molecule has 5 heteroatoms. The lowest BCUT2D eigenvalue weighted by atomic mass is 10.1. The monoisotopic (exact) mass is 296 g/mol. The second kappa shape index (κ2) is 7.93. The van der Waals surface area contributed by atoms with Crippen molar-refractivity contribution in [3.05, 3.63) is 29.3 Å². The van der Waals surface area contributed by atoms with Crippen LogP contribution in [0.5, 0.6) is 5.75 Å². The smallest absolute Gasteiger partial charge is 0.147 e. The standard InChI is InChI=1S/C15H20O4S/c1-13-12-15(19-10-5-11-20(2,17)18)8-7-14(13)6-3-4-9-16/h7-8,12,16H,4-5,9-11H2,1-2H3. The van der Waals surface area contributed by atoms with Gasteiger partial charge in [-0.05, 0) is 37.1 Å². The van der Waals surface area contributed by atoms with Gasteiger partial charge in [-0.15, -0.1) is 0 Å². The van der Waals surface area contributed by atoms with E-state index in [0.29, 0.717) is 25.2 Å².